The van der Waals surface area contributed by atoms with Crippen molar-refractivity contribution >= 4 is 23.0 Å². The van der Waals surface area contributed by atoms with Gasteiger partial charge in [0.1, 0.15) is 17.2 Å². The number of hydrogen-bond acceptors (Lipinski definition) is 5. The lowest BCUT2D eigenvalue weighted by Crippen LogP contribution is -2.36. The molecule has 0 saturated heterocycles. The van der Waals surface area contributed by atoms with Crippen LogP contribution in [0.2, 0.25) is 0 Å². The molecule has 1 aliphatic rings. The van der Waals surface area contributed by atoms with E-state index in [4.69, 9.17) is 14.7 Å². The number of alkyl carbamates (subject to hydrolysis) is 1. The molecule has 0 bridgehead atoms. The zero-order valence-corrected chi connectivity index (χ0v) is 21.1. The fourth-order valence-electron chi connectivity index (χ4n) is 4.46. The highest BCUT2D eigenvalue weighted by Gasteiger charge is 2.27. The van der Waals surface area contributed by atoms with E-state index in [9.17, 15) is 18.4 Å². The van der Waals surface area contributed by atoms with Gasteiger partial charge in [0, 0.05) is 23.7 Å². The molecule has 9 heteroatoms. The Morgan fingerprint density at radius 3 is 2.39 bits per heavy atom. The lowest BCUT2D eigenvalue weighted by atomic mass is 9.96. The van der Waals surface area contributed by atoms with Crippen molar-refractivity contribution in [2.45, 2.75) is 45.4 Å². The van der Waals surface area contributed by atoms with Crippen LogP contribution in [0.3, 0.4) is 0 Å². The number of carbonyl (C=O) groups excluding carboxylic acids is 2. The zero-order valence-electron chi connectivity index (χ0n) is 21.1. The third-order valence-electron chi connectivity index (χ3n) is 6.05. The number of para-hydroxylation sites is 2. The van der Waals surface area contributed by atoms with E-state index in [1.54, 1.807) is 32.9 Å². The molecule has 0 fully saturated rings. The highest BCUT2D eigenvalue weighted by Crippen LogP contribution is 2.32. The molecule has 2 heterocycles. The summed E-state index contributed by atoms with van der Waals surface area (Å²) in [6, 6.07) is 15.0. The van der Waals surface area contributed by atoms with Gasteiger partial charge in [0.2, 0.25) is 0 Å². The molecule has 0 aliphatic carbocycles. The van der Waals surface area contributed by atoms with Gasteiger partial charge >= 0.3 is 6.09 Å². The molecule has 1 atom stereocenters. The molecule has 4 aromatic rings. The van der Waals surface area contributed by atoms with Crippen LogP contribution in [-0.4, -0.2) is 27.6 Å². The number of hydrogen-bond donors (Lipinski definition) is 2. The minimum atomic E-state index is -0.861. The lowest BCUT2D eigenvalue weighted by molar-refractivity contribution is 0.0502. The Bertz CT molecular complexity index is 1550. The van der Waals surface area contributed by atoms with E-state index in [0.717, 1.165) is 11.6 Å². The molecule has 0 spiro atoms. The first-order valence-electron chi connectivity index (χ1n) is 12.2. The second-order valence-electron chi connectivity index (χ2n) is 10.2. The largest absolute Gasteiger partial charge is 0.444 e. The van der Waals surface area contributed by atoms with Crippen LogP contribution in [0.4, 0.5) is 13.6 Å². The summed E-state index contributed by atoms with van der Waals surface area (Å²) in [5.74, 6) is -1.65. The number of nitrogens with one attached hydrogen (secondary N) is 2. The van der Waals surface area contributed by atoms with Crippen molar-refractivity contribution in [2.24, 2.45) is 0 Å². The average molecular weight is 517 g/mol. The van der Waals surface area contributed by atoms with E-state index < -0.39 is 29.4 Å². The number of amides is 2. The molecule has 1 aromatic heterocycles. The smallest absolute Gasteiger partial charge is 0.408 e. The highest BCUT2D eigenvalue weighted by atomic mass is 19.1. The van der Waals surface area contributed by atoms with Gasteiger partial charge in [-0.25, -0.2) is 23.5 Å². The average Bonchev–Trinajstić information content (AvgIpc) is 3.21. The number of ether oxygens (including phenoxy) is 1. The molecule has 2 N–H and O–H groups in total. The van der Waals surface area contributed by atoms with Crippen molar-refractivity contribution in [3.63, 3.8) is 0 Å². The molecule has 0 radical (unpaired) electrons. The van der Waals surface area contributed by atoms with Gasteiger partial charge in [0.05, 0.1) is 28.5 Å². The summed E-state index contributed by atoms with van der Waals surface area (Å²) >= 11 is 0. The summed E-state index contributed by atoms with van der Waals surface area (Å²) in [6.07, 6.45) is -0.701. The van der Waals surface area contributed by atoms with Crippen LogP contribution in [0, 0.1) is 11.6 Å². The van der Waals surface area contributed by atoms with Gasteiger partial charge in [-0.15, -0.1) is 0 Å². The quantitative estimate of drug-likeness (QED) is 0.359. The molecule has 1 aliphatic heterocycles. The lowest BCUT2D eigenvalue weighted by Gasteiger charge is -2.25. The Balaban J connectivity index is 1.66. The van der Waals surface area contributed by atoms with Crippen LogP contribution in [0.25, 0.3) is 22.3 Å². The normalized spacial score (nSPS) is 13.7. The maximum atomic E-state index is 14.1. The molecule has 38 heavy (non-hydrogen) atoms. The van der Waals surface area contributed by atoms with Crippen LogP contribution in [0.5, 0.6) is 0 Å². The number of benzene rings is 3. The summed E-state index contributed by atoms with van der Waals surface area (Å²) < 4.78 is 33.6. The van der Waals surface area contributed by atoms with Gasteiger partial charge in [0.25, 0.3) is 5.91 Å². The minimum Gasteiger partial charge on any atom is -0.444 e. The number of fused-ring (bicyclic) bond motifs is 2. The van der Waals surface area contributed by atoms with E-state index in [2.05, 4.69) is 10.6 Å². The Morgan fingerprint density at radius 2 is 1.71 bits per heavy atom. The van der Waals surface area contributed by atoms with Crippen molar-refractivity contribution in [2.75, 3.05) is 0 Å². The van der Waals surface area contributed by atoms with Gasteiger partial charge < -0.3 is 15.4 Å². The van der Waals surface area contributed by atoms with Gasteiger partial charge in [-0.1, -0.05) is 24.3 Å². The van der Waals surface area contributed by atoms with E-state index in [0.29, 0.717) is 45.7 Å². The number of nitrogens with zero attached hydrogens (tertiary/aromatic N) is 2. The van der Waals surface area contributed by atoms with E-state index in [1.165, 1.54) is 12.1 Å². The Kier molecular flexibility index (Phi) is 6.52. The second kappa shape index (κ2) is 9.81. The van der Waals surface area contributed by atoms with Gasteiger partial charge in [-0.05, 0) is 68.7 Å². The monoisotopic (exact) mass is 516 g/mol. The van der Waals surface area contributed by atoms with Gasteiger partial charge in [-0.2, -0.15) is 0 Å². The number of halogens is 2. The molecule has 7 nitrogen and oxygen atoms in total. The standard InChI is InChI=1S/C29H26F2N4O3/c1-29(2,3)38-28(37)35-24(12-16-10-19(30)14-20(31)11-16)26-25(33-22-6-4-5-7-23(22)34-26)17-8-9-18-15-32-27(36)21(18)13-17/h4-11,13-14,24H,12,15H2,1-3H3,(H,32,36)(H,35,37). The Morgan fingerprint density at radius 1 is 1.03 bits per heavy atom. The van der Waals surface area contributed by atoms with Crippen LogP contribution < -0.4 is 10.6 Å². The second-order valence-corrected chi connectivity index (χ2v) is 10.2. The van der Waals surface area contributed by atoms with Crippen LogP contribution in [0.1, 0.15) is 54.0 Å². The summed E-state index contributed by atoms with van der Waals surface area (Å²) in [4.78, 5) is 34.9. The third kappa shape index (κ3) is 5.46. The molecule has 5 rings (SSSR count). The summed E-state index contributed by atoms with van der Waals surface area (Å²) in [7, 11) is 0. The van der Waals surface area contributed by atoms with Crippen molar-refractivity contribution in [3.8, 4) is 11.3 Å². The fourth-order valence-corrected chi connectivity index (χ4v) is 4.46. The Labute approximate surface area is 218 Å². The summed E-state index contributed by atoms with van der Waals surface area (Å²) in [5.41, 5.74) is 3.57. The van der Waals surface area contributed by atoms with E-state index >= 15 is 0 Å². The van der Waals surface area contributed by atoms with Crippen molar-refractivity contribution in [1.29, 1.82) is 0 Å². The number of aromatic nitrogens is 2. The minimum absolute atomic E-state index is 0.0133. The molecule has 0 saturated carbocycles. The maximum absolute atomic E-state index is 14.1. The maximum Gasteiger partial charge on any atom is 0.408 e. The fraction of sp³-hybridized carbons (Fsp3) is 0.241. The predicted octanol–water partition coefficient (Wildman–Crippen LogP) is 5.63. The van der Waals surface area contributed by atoms with Crippen LogP contribution in [0.15, 0.2) is 60.7 Å². The molecule has 3 aromatic carbocycles. The number of rotatable bonds is 5. The molecule has 194 valence electrons. The molecular weight excluding hydrogens is 490 g/mol. The van der Waals surface area contributed by atoms with Crippen molar-refractivity contribution in [1.82, 2.24) is 20.6 Å². The summed E-state index contributed by atoms with van der Waals surface area (Å²) in [5, 5.41) is 5.63. The predicted molar refractivity (Wildman–Crippen MR) is 138 cm³/mol. The van der Waals surface area contributed by atoms with Crippen molar-refractivity contribution in [3.05, 3.63) is 94.7 Å². The van der Waals surface area contributed by atoms with Gasteiger partial charge in [0.15, 0.2) is 0 Å². The number of carbonyl (C=O) groups is 2. The topological polar surface area (TPSA) is 93.2 Å². The molecule has 1 unspecified atom stereocenters. The first-order chi connectivity index (χ1) is 18.1. The SMILES string of the molecule is CC(C)(C)OC(=O)NC(Cc1cc(F)cc(F)c1)c1nc2ccccc2nc1-c1ccc2c(c1)C(=O)NC2. The highest BCUT2D eigenvalue weighted by molar-refractivity contribution is 5.99. The zero-order chi connectivity index (χ0) is 27.0. The first kappa shape index (κ1) is 25.3. The van der Waals surface area contributed by atoms with E-state index in [1.807, 2.05) is 30.3 Å². The Hall–Kier alpha value is -4.40. The van der Waals surface area contributed by atoms with Crippen LogP contribution >= 0.6 is 0 Å². The first-order valence-corrected chi connectivity index (χ1v) is 12.2. The molecule has 2 amide bonds. The van der Waals surface area contributed by atoms with Crippen molar-refractivity contribution < 1.29 is 23.1 Å². The van der Waals surface area contributed by atoms with Crippen LogP contribution in [-0.2, 0) is 17.7 Å². The third-order valence-corrected chi connectivity index (χ3v) is 6.05. The van der Waals surface area contributed by atoms with E-state index in [-0.39, 0.29) is 12.3 Å². The van der Waals surface area contributed by atoms with Gasteiger partial charge in [-0.3, -0.25) is 4.79 Å². The summed E-state index contributed by atoms with van der Waals surface area (Å²) in [6.45, 7) is 5.65. The molecular formula is C29H26F2N4O3.